The SMILES string of the molecule is N[C@@H]1C(=O)N2C(C(=O)O)=C(Sc3ccc4c(c3)oc3c(CO)cccc34)CS[C@@H]12. The molecule has 0 radical (unpaired) electrons. The minimum Gasteiger partial charge on any atom is -0.477 e. The van der Waals surface area contributed by atoms with Crippen molar-refractivity contribution < 1.29 is 24.2 Å². The van der Waals surface area contributed by atoms with Crippen LogP contribution in [-0.2, 0) is 16.2 Å². The van der Waals surface area contributed by atoms with Gasteiger partial charge in [0, 0.05) is 31.9 Å². The first-order valence-electron chi connectivity index (χ1n) is 8.89. The first-order valence-corrected chi connectivity index (χ1v) is 10.8. The van der Waals surface area contributed by atoms with Crippen LogP contribution in [0.15, 0.2) is 56.3 Å². The average Bonchev–Trinajstić information content (AvgIpc) is 3.10. The minimum absolute atomic E-state index is 0.0118. The van der Waals surface area contributed by atoms with Crippen molar-refractivity contribution in [3.8, 4) is 0 Å². The number of carbonyl (C=O) groups is 2. The lowest BCUT2D eigenvalue weighted by Gasteiger charge is -2.47. The molecule has 148 valence electrons. The zero-order valence-corrected chi connectivity index (χ0v) is 16.6. The monoisotopic (exact) mass is 428 g/mol. The molecule has 0 spiro atoms. The van der Waals surface area contributed by atoms with Gasteiger partial charge in [-0.05, 0) is 18.2 Å². The van der Waals surface area contributed by atoms with Gasteiger partial charge in [-0.1, -0.05) is 30.0 Å². The van der Waals surface area contributed by atoms with Gasteiger partial charge in [0.2, 0.25) is 5.91 Å². The molecule has 9 heteroatoms. The van der Waals surface area contributed by atoms with E-state index in [9.17, 15) is 19.8 Å². The van der Waals surface area contributed by atoms with Crippen molar-refractivity contribution in [3.05, 3.63) is 52.6 Å². The highest BCUT2D eigenvalue weighted by molar-refractivity contribution is 8.06. The molecule has 0 unspecified atom stereocenters. The van der Waals surface area contributed by atoms with Crippen LogP contribution in [0.25, 0.3) is 21.9 Å². The number of nitrogens with zero attached hydrogens (tertiary/aromatic N) is 1. The van der Waals surface area contributed by atoms with Gasteiger partial charge in [0.25, 0.3) is 0 Å². The smallest absolute Gasteiger partial charge is 0.353 e. The van der Waals surface area contributed by atoms with Crippen molar-refractivity contribution in [1.82, 2.24) is 4.90 Å². The van der Waals surface area contributed by atoms with Gasteiger partial charge in [-0.15, -0.1) is 11.8 Å². The van der Waals surface area contributed by atoms with Gasteiger partial charge in [0.15, 0.2) is 0 Å². The Morgan fingerprint density at radius 2 is 2.14 bits per heavy atom. The molecular formula is C20H16N2O5S2. The highest BCUT2D eigenvalue weighted by atomic mass is 32.2. The summed E-state index contributed by atoms with van der Waals surface area (Å²) in [4.78, 5) is 26.6. The summed E-state index contributed by atoms with van der Waals surface area (Å²) in [6.07, 6.45) is 0. The standard InChI is InChI=1S/C20H16N2O5S2/c21-15-18(24)22-16(20(25)26)14(8-28-19(15)22)29-10-4-5-11-12-3-1-2-9(7-23)17(12)27-13(11)6-10/h1-6,15,19,23H,7-8,21H2,(H,25,26)/t15-,19+/m1/s1. The van der Waals surface area contributed by atoms with Gasteiger partial charge in [0.05, 0.1) is 6.61 Å². The van der Waals surface area contributed by atoms with Crippen LogP contribution in [-0.4, -0.2) is 44.2 Å². The Balaban J connectivity index is 1.55. The number of carboxylic acids is 1. The number of β-lactam (4-membered cyclic amide) rings is 1. The maximum absolute atomic E-state index is 12.1. The maximum Gasteiger partial charge on any atom is 0.353 e. The molecule has 1 fully saturated rings. The second-order valence-corrected chi connectivity index (χ2v) is 9.10. The number of rotatable bonds is 4. The molecule has 2 aliphatic rings. The number of fused-ring (bicyclic) bond motifs is 4. The highest BCUT2D eigenvalue weighted by Gasteiger charge is 2.51. The number of hydrogen-bond donors (Lipinski definition) is 3. The number of aliphatic carboxylic acids is 1. The lowest BCUT2D eigenvalue weighted by Crippen LogP contribution is -2.68. The van der Waals surface area contributed by atoms with Crippen molar-refractivity contribution in [3.63, 3.8) is 0 Å². The Kier molecular flexibility index (Phi) is 4.36. The van der Waals surface area contributed by atoms with Crippen LogP contribution in [0.5, 0.6) is 0 Å². The van der Waals surface area contributed by atoms with Crippen LogP contribution in [0.4, 0.5) is 0 Å². The molecule has 2 aliphatic heterocycles. The van der Waals surface area contributed by atoms with Gasteiger partial charge in [-0.25, -0.2) is 4.79 Å². The Labute approximate surface area is 173 Å². The Hall–Kier alpha value is -2.46. The second-order valence-electron chi connectivity index (χ2n) is 6.83. The summed E-state index contributed by atoms with van der Waals surface area (Å²) in [6, 6.07) is 10.7. The van der Waals surface area contributed by atoms with E-state index in [1.807, 2.05) is 36.4 Å². The first-order chi connectivity index (χ1) is 14.0. The average molecular weight is 428 g/mol. The highest BCUT2D eigenvalue weighted by Crippen LogP contribution is 2.45. The van der Waals surface area contributed by atoms with Crippen molar-refractivity contribution in [2.75, 3.05) is 5.75 Å². The van der Waals surface area contributed by atoms with Gasteiger partial charge in [0.1, 0.15) is 28.3 Å². The molecule has 0 bridgehead atoms. The number of nitrogens with two attached hydrogens (primary N) is 1. The molecule has 5 rings (SSSR count). The number of thioether (sulfide) groups is 2. The van der Waals surface area contributed by atoms with Crippen molar-refractivity contribution >= 4 is 57.3 Å². The van der Waals surface area contributed by atoms with E-state index < -0.39 is 12.0 Å². The van der Waals surface area contributed by atoms with E-state index in [-0.39, 0.29) is 23.6 Å². The van der Waals surface area contributed by atoms with Gasteiger partial charge in [-0.2, -0.15) is 0 Å². The lowest BCUT2D eigenvalue weighted by atomic mass is 10.1. The number of amides is 1. The van der Waals surface area contributed by atoms with Crippen LogP contribution in [0.2, 0.25) is 0 Å². The number of furan rings is 1. The number of para-hydroxylation sites is 1. The van der Waals surface area contributed by atoms with Crippen LogP contribution < -0.4 is 5.73 Å². The van der Waals surface area contributed by atoms with E-state index in [1.165, 1.54) is 28.4 Å². The molecule has 1 amide bonds. The third-order valence-electron chi connectivity index (χ3n) is 5.14. The number of hydrogen-bond acceptors (Lipinski definition) is 7. The molecule has 3 aromatic rings. The van der Waals surface area contributed by atoms with Crippen molar-refractivity contribution in [2.45, 2.75) is 22.9 Å². The molecular weight excluding hydrogens is 412 g/mol. The molecule has 3 heterocycles. The number of benzene rings is 2. The van der Waals surface area contributed by atoms with Crippen molar-refractivity contribution in [2.24, 2.45) is 5.73 Å². The first kappa shape index (κ1) is 18.6. The van der Waals surface area contributed by atoms with Gasteiger partial charge < -0.3 is 20.4 Å². The number of carbonyl (C=O) groups excluding carboxylic acids is 1. The fourth-order valence-electron chi connectivity index (χ4n) is 3.73. The number of carboxylic acid groups (broad SMARTS) is 1. The molecule has 7 nitrogen and oxygen atoms in total. The molecule has 2 aromatic carbocycles. The molecule has 4 N–H and O–H groups in total. The quantitative estimate of drug-likeness (QED) is 0.543. The second kappa shape index (κ2) is 6.81. The fraction of sp³-hybridized carbons (Fsp3) is 0.200. The van der Waals surface area contributed by atoms with E-state index in [0.717, 1.165) is 15.7 Å². The van der Waals surface area contributed by atoms with E-state index in [2.05, 4.69) is 0 Å². The van der Waals surface area contributed by atoms with E-state index in [1.54, 1.807) is 0 Å². The van der Waals surface area contributed by atoms with Crippen LogP contribution in [0.1, 0.15) is 5.56 Å². The summed E-state index contributed by atoms with van der Waals surface area (Å²) in [5, 5.41) is 20.7. The normalized spacial score (nSPS) is 21.6. The molecule has 0 aliphatic carbocycles. The Morgan fingerprint density at radius 3 is 2.90 bits per heavy atom. The summed E-state index contributed by atoms with van der Waals surface area (Å²) < 4.78 is 5.97. The van der Waals surface area contributed by atoms with Crippen LogP contribution in [0, 0.1) is 0 Å². The molecule has 0 saturated carbocycles. The van der Waals surface area contributed by atoms with Crippen molar-refractivity contribution in [1.29, 1.82) is 0 Å². The topological polar surface area (TPSA) is 117 Å². The van der Waals surface area contributed by atoms with Crippen LogP contribution in [0.3, 0.4) is 0 Å². The van der Waals surface area contributed by atoms with E-state index >= 15 is 0 Å². The molecule has 2 atom stereocenters. The zero-order valence-electron chi connectivity index (χ0n) is 15.0. The summed E-state index contributed by atoms with van der Waals surface area (Å²) in [7, 11) is 0. The van der Waals surface area contributed by atoms with E-state index in [0.29, 0.717) is 27.4 Å². The summed E-state index contributed by atoms with van der Waals surface area (Å²) in [5.41, 5.74) is 7.83. The summed E-state index contributed by atoms with van der Waals surface area (Å²) in [6.45, 7) is -0.113. The zero-order chi connectivity index (χ0) is 20.3. The third kappa shape index (κ3) is 2.77. The third-order valence-corrected chi connectivity index (χ3v) is 7.70. The number of aliphatic hydroxyl groups excluding tert-OH is 1. The lowest BCUT2D eigenvalue weighted by molar-refractivity contribution is -0.147. The Morgan fingerprint density at radius 1 is 1.31 bits per heavy atom. The predicted octanol–water partition coefficient (Wildman–Crippen LogP) is 2.71. The predicted molar refractivity (Wildman–Crippen MR) is 111 cm³/mol. The maximum atomic E-state index is 12.1. The molecule has 1 saturated heterocycles. The largest absolute Gasteiger partial charge is 0.477 e. The Bertz CT molecular complexity index is 1220. The molecule has 29 heavy (non-hydrogen) atoms. The van der Waals surface area contributed by atoms with Crippen LogP contribution >= 0.6 is 23.5 Å². The minimum atomic E-state index is -1.13. The number of aliphatic hydroxyl groups is 1. The summed E-state index contributed by atoms with van der Waals surface area (Å²) >= 11 is 2.79. The van der Waals surface area contributed by atoms with Gasteiger partial charge in [-0.3, -0.25) is 9.69 Å². The summed E-state index contributed by atoms with van der Waals surface area (Å²) in [5.74, 6) is -1.02. The molecule has 1 aromatic heterocycles. The van der Waals surface area contributed by atoms with Gasteiger partial charge >= 0.3 is 5.97 Å². The van der Waals surface area contributed by atoms with E-state index in [4.69, 9.17) is 10.2 Å². The fourth-order valence-corrected chi connectivity index (χ4v) is 6.18.